The van der Waals surface area contributed by atoms with Gasteiger partial charge in [0.15, 0.2) is 0 Å². The summed E-state index contributed by atoms with van der Waals surface area (Å²) in [5, 5.41) is 11.2. The van der Waals surface area contributed by atoms with Crippen LogP contribution in [0.15, 0.2) is 48.5 Å². The summed E-state index contributed by atoms with van der Waals surface area (Å²) in [7, 11) is 0. The Morgan fingerprint density at radius 2 is 1.93 bits per heavy atom. The fourth-order valence-electron chi connectivity index (χ4n) is 3.14. The van der Waals surface area contributed by atoms with Crippen LogP contribution in [0.2, 0.25) is 0 Å². The predicted octanol–water partition coefficient (Wildman–Crippen LogP) is -0.944. The van der Waals surface area contributed by atoms with Gasteiger partial charge in [-0.3, -0.25) is 0 Å². The van der Waals surface area contributed by atoms with Crippen LogP contribution in [0.5, 0.6) is 11.5 Å². The number of ether oxygens (including phenoxy) is 3. The summed E-state index contributed by atoms with van der Waals surface area (Å²) in [6, 6.07) is 15.4. The first-order valence-electron chi connectivity index (χ1n) is 9.68. The average molecular weight is 407 g/mol. The van der Waals surface area contributed by atoms with Gasteiger partial charge < -0.3 is 29.0 Å². The second-order valence-electron chi connectivity index (χ2n) is 6.68. The second-order valence-corrected chi connectivity index (χ2v) is 6.68. The normalized spacial score (nSPS) is 13.6. The van der Waals surface area contributed by atoms with E-state index in [-0.39, 0.29) is 36.0 Å². The van der Waals surface area contributed by atoms with Crippen LogP contribution in [0.1, 0.15) is 18.9 Å². The van der Waals surface area contributed by atoms with Gasteiger partial charge in [-0.1, -0.05) is 31.2 Å². The van der Waals surface area contributed by atoms with Crippen LogP contribution in [0.3, 0.4) is 0 Å². The maximum Gasteiger partial charge on any atom is 1.00 e. The van der Waals surface area contributed by atoms with Crippen molar-refractivity contribution in [3.8, 4) is 11.5 Å². The largest absolute Gasteiger partial charge is 1.00 e. The number of carbonyl (C=O) groups excluding carboxylic acids is 1. The van der Waals surface area contributed by atoms with Gasteiger partial charge in [0.1, 0.15) is 30.8 Å². The van der Waals surface area contributed by atoms with E-state index >= 15 is 0 Å². The van der Waals surface area contributed by atoms with Gasteiger partial charge in [0, 0.05) is 13.0 Å². The molecule has 2 aromatic carbocycles. The minimum Gasteiger partial charge on any atom is -0.547 e. The third-order valence-electron chi connectivity index (χ3n) is 4.59. The number of carbonyl (C=O) groups is 1. The molecule has 0 aliphatic carbocycles. The summed E-state index contributed by atoms with van der Waals surface area (Å²) >= 11 is 0. The molecule has 3 rings (SSSR count). The maximum atomic E-state index is 11.2. The number of para-hydroxylation sites is 2. The molecular weight excluding hydrogens is 381 g/mol. The zero-order valence-corrected chi connectivity index (χ0v) is 19.1. The second kappa shape index (κ2) is 12.1. The van der Waals surface area contributed by atoms with E-state index in [0.717, 1.165) is 42.3 Å². The summed E-state index contributed by atoms with van der Waals surface area (Å²) < 4.78 is 16.9. The van der Waals surface area contributed by atoms with E-state index in [4.69, 9.17) is 14.2 Å². The first kappa shape index (κ1) is 23.5. The Bertz CT molecular complexity index is 768. The van der Waals surface area contributed by atoms with Crippen LogP contribution in [-0.2, 0) is 16.0 Å². The van der Waals surface area contributed by atoms with Crippen molar-refractivity contribution in [2.45, 2.75) is 25.9 Å². The minimum atomic E-state index is -1.18. The fraction of sp³-hybridized carbons (Fsp3) is 0.409. The number of carboxylic acid groups (broad SMARTS) is 1. The number of nitrogens with zero attached hydrogens (tertiary/aromatic N) is 1. The fourth-order valence-corrected chi connectivity index (χ4v) is 3.14. The molecule has 0 radical (unpaired) electrons. The summed E-state index contributed by atoms with van der Waals surface area (Å²) in [6.45, 7) is 5.17. The molecule has 0 spiro atoms. The van der Waals surface area contributed by atoms with Crippen LogP contribution < -0.4 is 49.0 Å². The van der Waals surface area contributed by atoms with Gasteiger partial charge in [0.2, 0.25) is 0 Å². The molecule has 0 bridgehead atoms. The van der Waals surface area contributed by atoms with Gasteiger partial charge in [0.05, 0.1) is 24.7 Å². The molecule has 0 fully saturated rings. The molecule has 1 atom stereocenters. The number of rotatable bonds is 10. The van der Waals surface area contributed by atoms with Gasteiger partial charge in [-0.05, 0) is 36.2 Å². The predicted molar refractivity (Wildman–Crippen MR) is 105 cm³/mol. The zero-order valence-electron chi connectivity index (χ0n) is 17.1. The van der Waals surface area contributed by atoms with E-state index in [9.17, 15) is 9.90 Å². The summed E-state index contributed by atoms with van der Waals surface area (Å²) in [6.07, 6.45) is 0.130. The van der Waals surface area contributed by atoms with Crippen LogP contribution in [0, 0.1) is 0 Å². The van der Waals surface area contributed by atoms with Crippen molar-refractivity contribution >= 4 is 11.7 Å². The van der Waals surface area contributed by atoms with Crippen LogP contribution in [0.25, 0.3) is 0 Å². The van der Waals surface area contributed by atoms with Crippen molar-refractivity contribution in [3.05, 3.63) is 54.1 Å². The zero-order chi connectivity index (χ0) is 19.8. The van der Waals surface area contributed by atoms with Crippen molar-refractivity contribution in [2.24, 2.45) is 0 Å². The quantitative estimate of drug-likeness (QED) is 0.474. The van der Waals surface area contributed by atoms with Crippen molar-refractivity contribution in [2.75, 3.05) is 37.8 Å². The van der Waals surface area contributed by atoms with Gasteiger partial charge in [-0.25, -0.2) is 0 Å². The standard InChI is InChI=1S/C22H27NO5.Na/c1-2-13-27-21(22(24)25)16-17-7-9-18(10-8-17)26-14-11-23-12-15-28-20-6-4-3-5-19(20)23;/h3-10,21H,2,11-16H2,1H3,(H,24,25);/q;+1/p-1. The summed E-state index contributed by atoms with van der Waals surface area (Å²) in [5.41, 5.74) is 1.97. The van der Waals surface area contributed by atoms with Crippen LogP contribution >= 0.6 is 0 Å². The van der Waals surface area contributed by atoms with Crippen molar-refractivity contribution < 1.29 is 53.7 Å². The monoisotopic (exact) mass is 407 g/mol. The SMILES string of the molecule is CCCOC(Cc1ccc(OCCN2CCOc3ccccc32)cc1)C(=O)[O-].[Na+]. The minimum absolute atomic E-state index is 0. The van der Waals surface area contributed by atoms with Crippen LogP contribution in [0.4, 0.5) is 5.69 Å². The summed E-state index contributed by atoms with van der Waals surface area (Å²) in [5.74, 6) is 0.482. The molecule has 0 saturated heterocycles. The van der Waals surface area contributed by atoms with Crippen molar-refractivity contribution in [3.63, 3.8) is 0 Å². The third-order valence-corrected chi connectivity index (χ3v) is 4.59. The molecule has 1 aliphatic rings. The molecule has 1 heterocycles. The molecule has 6 nitrogen and oxygen atoms in total. The molecule has 1 aliphatic heterocycles. The molecule has 0 aromatic heterocycles. The van der Waals surface area contributed by atoms with Crippen molar-refractivity contribution in [1.29, 1.82) is 0 Å². The molecule has 0 amide bonds. The van der Waals surface area contributed by atoms with Crippen LogP contribution in [-0.4, -0.2) is 45.0 Å². The third kappa shape index (κ3) is 6.93. The maximum absolute atomic E-state index is 11.2. The van der Waals surface area contributed by atoms with E-state index in [1.54, 1.807) is 0 Å². The number of carboxylic acids is 1. The van der Waals surface area contributed by atoms with Gasteiger partial charge in [-0.15, -0.1) is 0 Å². The Hall–Kier alpha value is -1.73. The van der Waals surface area contributed by atoms with Gasteiger partial charge >= 0.3 is 29.6 Å². The Morgan fingerprint density at radius 1 is 1.17 bits per heavy atom. The van der Waals surface area contributed by atoms with E-state index in [2.05, 4.69) is 11.0 Å². The topological polar surface area (TPSA) is 71.1 Å². The first-order valence-corrected chi connectivity index (χ1v) is 9.68. The Kier molecular flexibility index (Phi) is 9.81. The molecule has 2 aromatic rings. The van der Waals surface area contributed by atoms with E-state index in [1.165, 1.54) is 0 Å². The Morgan fingerprint density at radius 3 is 2.66 bits per heavy atom. The Balaban J connectivity index is 0.00000300. The van der Waals surface area contributed by atoms with E-state index in [0.29, 0.717) is 19.8 Å². The molecule has 0 N–H and O–H groups in total. The number of hydrogen-bond acceptors (Lipinski definition) is 6. The number of fused-ring (bicyclic) bond motifs is 1. The molecule has 29 heavy (non-hydrogen) atoms. The molecular formula is C22H26NNaO5. The first-order chi connectivity index (χ1) is 13.7. The number of anilines is 1. The Labute approximate surface area is 194 Å². The summed E-state index contributed by atoms with van der Waals surface area (Å²) in [4.78, 5) is 13.4. The van der Waals surface area contributed by atoms with E-state index < -0.39 is 12.1 Å². The van der Waals surface area contributed by atoms with Gasteiger partial charge in [-0.2, -0.15) is 0 Å². The number of aliphatic carboxylic acids is 1. The number of hydrogen-bond donors (Lipinski definition) is 0. The smallest absolute Gasteiger partial charge is 0.547 e. The number of benzene rings is 2. The molecule has 1 unspecified atom stereocenters. The van der Waals surface area contributed by atoms with E-state index in [1.807, 2.05) is 49.4 Å². The molecule has 150 valence electrons. The van der Waals surface area contributed by atoms with Crippen molar-refractivity contribution in [1.82, 2.24) is 0 Å². The van der Waals surface area contributed by atoms with Gasteiger partial charge in [0.25, 0.3) is 0 Å². The average Bonchev–Trinajstić information content (AvgIpc) is 2.72. The molecule has 7 heteroatoms. The molecule has 0 saturated carbocycles.